The third-order valence-corrected chi connectivity index (χ3v) is 7.84. The van der Waals surface area contributed by atoms with Crippen molar-refractivity contribution in [1.82, 2.24) is 0 Å². The Hall–Kier alpha value is -3.40. The van der Waals surface area contributed by atoms with E-state index in [0.29, 0.717) is 22.6 Å². The summed E-state index contributed by atoms with van der Waals surface area (Å²) < 4.78 is 11.2. The van der Waals surface area contributed by atoms with E-state index in [0.717, 1.165) is 12.8 Å². The van der Waals surface area contributed by atoms with Gasteiger partial charge in [0.2, 0.25) is 0 Å². The second-order valence-electron chi connectivity index (χ2n) is 12.1. The Labute approximate surface area is 241 Å². The molecule has 0 saturated carbocycles. The highest BCUT2D eigenvalue weighted by atomic mass is 16.5. The highest BCUT2D eigenvalue weighted by Gasteiger charge is 2.22. The number of carbonyl (C=O) groups excluding carboxylic acids is 2. The van der Waals surface area contributed by atoms with Gasteiger partial charge in [-0.3, -0.25) is 0 Å². The molecule has 3 rings (SSSR count). The van der Waals surface area contributed by atoms with Crippen LogP contribution in [0.5, 0.6) is 11.5 Å². The third-order valence-electron chi connectivity index (χ3n) is 7.84. The van der Waals surface area contributed by atoms with Crippen molar-refractivity contribution in [2.24, 2.45) is 0 Å². The molecule has 0 saturated heterocycles. The van der Waals surface area contributed by atoms with E-state index in [9.17, 15) is 9.59 Å². The van der Waals surface area contributed by atoms with Crippen LogP contribution < -0.4 is 9.47 Å². The van der Waals surface area contributed by atoms with E-state index >= 15 is 0 Å². The Morgan fingerprint density at radius 2 is 0.950 bits per heavy atom. The summed E-state index contributed by atoms with van der Waals surface area (Å²) in [6, 6.07) is 21.9. The summed E-state index contributed by atoms with van der Waals surface area (Å²) >= 11 is 0. The number of ether oxygens (including phenoxy) is 2. The first-order chi connectivity index (χ1) is 19.1. The zero-order valence-corrected chi connectivity index (χ0v) is 25.2. The van der Waals surface area contributed by atoms with Gasteiger partial charge in [-0.15, -0.1) is 0 Å². The van der Waals surface area contributed by atoms with Crippen LogP contribution in [0.15, 0.2) is 72.8 Å². The number of hydrogen-bond acceptors (Lipinski definition) is 4. The molecule has 0 aromatic heterocycles. The van der Waals surface area contributed by atoms with Crippen molar-refractivity contribution in [1.29, 1.82) is 0 Å². The van der Waals surface area contributed by atoms with E-state index in [1.807, 2.05) is 48.5 Å². The molecule has 0 fully saturated rings. The number of hydrogen-bond donors (Lipinski definition) is 0. The van der Waals surface area contributed by atoms with Crippen LogP contribution in [0.25, 0.3) is 0 Å². The normalized spacial score (nSPS) is 11.8. The van der Waals surface area contributed by atoms with E-state index in [-0.39, 0.29) is 10.8 Å². The van der Waals surface area contributed by atoms with Gasteiger partial charge in [0, 0.05) is 0 Å². The van der Waals surface area contributed by atoms with Crippen LogP contribution in [0, 0.1) is 0 Å². The minimum Gasteiger partial charge on any atom is -0.423 e. The first-order valence-electron chi connectivity index (χ1n) is 14.8. The molecule has 3 aromatic carbocycles. The molecule has 0 aliphatic rings. The SMILES string of the molecule is CCCCCC(C)(C)c1ccc(OC(=O)c2cccc(C(=O)Oc3ccc(C(C)(C)CCCCC)cc3)c2)cc1. The Bertz CT molecular complexity index is 1140. The largest absolute Gasteiger partial charge is 0.423 e. The fourth-order valence-electron chi connectivity index (χ4n) is 4.98. The average molecular weight is 543 g/mol. The molecule has 0 amide bonds. The molecule has 0 spiro atoms. The molecular formula is C36H46O4. The lowest BCUT2D eigenvalue weighted by Gasteiger charge is -2.25. The molecule has 0 heterocycles. The van der Waals surface area contributed by atoms with Crippen LogP contribution >= 0.6 is 0 Å². The van der Waals surface area contributed by atoms with Gasteiger partial charge in [-0.1, -0.05) is 110 Å². The molecule has 0 bridgehead atoms. The van der Waals surface area contributed by atoms with Crippen LogP contribution in [0.1, 0.15) is 125 Å². The number of carbonyl (C=O) groups is 2. The van der Waals surface area contributed by atoms with Crippen molar-refractivity contribution < 1.29 is 19.1 Å². The van der Waals surface area contributed by atoms with Crippen LogP contribution in [-0.4, -0.2) is 11.9 Å². The molecule has 0 atom stereocenters. The fraction of sp³-hybridized carbons (Fsp3) is 0.444. The average Bonchev–Trinajstić information content (AvgIpc) is 2.94. The zero-order chi connectivity index (χ0) is 29.2. The Morgan fingerprint density at radius 1 is 0.575 bits per heavy atom. The van der Waals surface area contributed by atoms with Gasteiger partial charge in [0.15, 0.2) is 0 Å². The lowest BCUT2D eigenvalue weighted by Crippen LogP contribution is -2.17. The second-order valence-corrected chi connectivity index (χ2v) is 12.1. The van der Waals surface area contributed by atoms with Gasteiger partial charge in [0.05, 0.1) is 11.1 Å². The Morgan fingerprint density at radius 3 is 1.30 bits per heavy atom. The summed E-state index contributed by atoms with van der Waals surface area (Å²) in [5.41, 5.74) is 3.17. The van der Waals surface area contributed by atoms with E-state index < -0.39 is 11.9 Å². The van der Waals surface area contributed by atoms with Crippen molar-refractivity contribution >= 4 is 11.9 Å². The van der Waals surface area contributed by atoms with Crippen molar-refractivity contribution in [2.45, 2.75) is 104 Å². The summed E-state index contributed by atoms with van der Waals surface area (Å²) in [6.45, 7) is 13.4. The molecule has 214 valence electrons. The summed E-state index contributed by atoms with van der Waals surface area (Å²) in [6.07, 6.45) is 9.49. The smallest absolute Gasteiger partial charge is 0.343 e. The van der Waals surface area contributed by atoms with E-state index in [2.05, 4.69) is 41.5 Å². The maximum absolute atomic E-state index is 12.9. The third kappa shape index (κ3) is 8.81. The molecule has 0 aliphatic heterocycles. The molecule has 0 radical (unpaired) electrons. The standard InChI is InChI=1S/C36H46O4/c1-7-9-11-24-35(3,4)29-16-20-31(21-17-29)39-33(37)27-14-13-15-28(26-27)34(38)40-32-22-18-30(19-23-32)36(5,6)25-12-10-8-2/h13-23,26H,7-12,24-25H2,1-6H3. The predicted molar refractivity (Wildman–Crippen MR) is 164 cm³/mol. The molecule has 0 N–H and O–H groups in total. The van der Waals surface area contributed by atoms with Crippen molar-refractivity contribution in [2.75, 3.05) is 0 Å². The summed E-state index contributed by atoms with van der Waals surface area (Å²) in [4.78, 5) is 25.7. The van der Waals surface area contributed by atoms with Gasteiger partial charge >= 0.3 is 11.9 Å². The van der Waals surface area contributed by atoms with Crippen LogP contribution in [0.2, 0.25) is 0 Å². The quantitative estimate of drug-likeness (QED) is 0.116. The maximum Gasteiger partial charge on any atom is 0.343 e. The molecule has 0 unspecified atom stereocenters. The lowest BCUT2D eigenvalue weighted by atomic mass is 9.80. The monoisotopic (exact) mass is 542 g/mol. The minimum atomic E-state index is -0.515. The molecule has 0 aliphatic carbocycles. The fourth-order valence-corrected chi connectivity index (χ4v) is 4.98. The summed E-state index contributed by atoms with van der Waals surface area (Å²) in [5, 5.41) is 0. The van der Waals surface area contributed by atoms with Crippen LogP contribution in [-0.2, 0) is 10.8 Å². The first-order valence-corrected chi connectivity index (χ1v) is 14.8. The zero-order valence-electron chi connectivity index (χ0n) is 25.2. The van der Waals surface area contributed by atoms with Gasteiger partial charge in [0.1, 0.15) is 11.5 Å². The highest BCUT2D eigenvalue weighted by molar-refractivity contribution is 5.96. The van der Waals surface area contributed by atoms with Gasteiger partial charge < -0.3 is 9.47 Å². The minimum absolute atomic E-state index is 0.0670. The van der Waals surface area contributed by atoms with E-state index in [1.54, 1.807) is 18.2 Å². The maximum atomic E-state index is 12.9. The predicted octanol–water partition coefficient (Wildman–Crippen LogP) is 9.84. The van der Waals surface area contributed by atoms with E-state index in [4.69, 9.17) is 9.47 Å². The summed E-state index contributed by atoms with van der Waals surface area (Å²) in [7, 11) is 0. The number of rotatable bonds is 14. The van der Waals surface area contributed by atoms with Gasteiger partial charge in [-0.05, 0) is 77.3 Å². The van der Waals surface area contributed by atoms with Crippen molar-refractivity contribution in [3.8, 4) is 11.5 Å². The van der Waals surface area contributed by atoms with Gasteiger partial charge in [-0.25, -0.2) is 9.59 Å². The highest BCUT2D eigenvalue weighted by Crippen LogP contribution is 2.32. The Balaban J connectivity index is 1.61. The molecule has 3 aromatic rings. The van der Waals surface area contributed by atoms with Crippen molar-refractivity contribution in [3.63, 3.8) is 0 Å². The van der Waals surface area contributed by atoms with Crippen LogP contribution in [0.4, 0.5) is 0 Å². The number of unbranched alkanes of at least 4 members (excludes halogenated alkanes) is 4. The summed E-state index contributed by atoms with van der Waals surface area (Å²) in [5.74, 6) is -0.0777. The molecule has 4 nitrogen and oxygen atoms in total. The first kappa shape index (κ1) is 31.1. The Kier molecular flexibility index (Phi) is 11.1. The molecule has 4 heteroatoms. The number of esters is 2. The molecule has 40 heavy (non-hydrogen) atoms. The van der Waals surface area contributed by atoms with Gasteiger partial charge in [-0.2, -0.15) is 0 Å². The lowest BCUT2D eigenvalue weighted by molar-refractivity contribution is 0.0734. The van der Waals surface area contributed by atoms with Crippen molar-refractivity contribution in [3.05, 3.63) is 95.1 Å². The number of benzene rings is 3. The van der Waals surface area contributed by atoms with Crippen LogP contribution in [0.3, 0.4) is 0 Å². The van der Waals surface area contributed by atoms with Gasteiger partial charge in [0.25, 0.3) is 0 Å². The van der Waals surface area contributed by atoms with E-state index in [1.165, 1.54) is 55.7 Å². The molecular weight excluding hydrogens is 496 g/mol. The second kappa shape index (κ2) is 14.3. The topological polar surface area (TPSA) is 52.6 Å².